The van der Waals surface area contributed by atoms with Gasteiger partial charge < -0.3 is 10.5 Å². The zero-order chi connectivity index (χ0) is 8.97. The zero-order valence-corrected chi connectivity index (χ0v) is 6.95. The third kappa shape index (κ3) is 2.93. The summed E-state index contributed by atoms with van der Waals surface area (Å²) in [6.07, 6.45) is 7.58. The lowest BCUT2D eigenvalue weighted by molar-refractivity contribution is -0.145. The predicted octanol–water partition coefficient (Wildman–Crippen LogP) is 0.290. The Balaban J connectivity index is 2.13. The molecular formula is C9H13NO2. The van der Waals surface area contributed by atoms with Crippen LogP contribution in [0.3, 0.4) is 0 Å². The molecule has 0 amide bonds. The van der Waals surface area contributed by atoms with E-state index in [2.05, 4.69) is 5.92 Å². The molecular weight excluding hydrogens is 154 g/mol. The number of rotatable bonds is 4. The second kappa shape index (κ2) is 4.13. The van der Waals surface area contributed by atoms with Crippen LogP contribution in [0.2, 0.25) is 0 Å². The van der Waals surface area contributed by atoms with E-state index < -0.39 is 6.04 Å². The molecule has 1 rings (SSSR count). The summed E-state index contributed by atoms with van der Waals surface area (Å²) in [6, 6.07) is -0.645. The topological polar surface area (TPSA) is 52.3 Å². The monoisotopic (exact) mass is 167 g/mol. The predicted molar refractivity (Wildman–Crippen MR) is 45.1 cm³/mol. The first-order valence-electron chi connectivity index (χ1n) is 4.09. The summed E-state index contributed by atoms with van der Waals surface area (Å²) in [5.41, 5.74) is 5.42. The smallest absolute Gasteiger partial charge is 0.323 e. The molecule has 3 nitrogen and oxygen atoms in total. The molecule has 2 N–H and O–H groups in total. The van der Waals surface area contributed by atoms with Gasteiger partial charge in [-0.05, 0) is 18.8 Å². The minimum absolute atomic E-state index is 0.253. The van der Waals surface area contributed by atoms with Crippen molar-refractivity contribution in [1.82, 2.24) is 0 Å². The fourth-order valence-electron chi connectivity index (χ4n) is 0.802. The highest BCUT2D eigenvalue weighted by Gasteiger charge is 2.24. The molecule has 0 heterocycles. The van der Waals surface area contributed by atoms with Crippen molar-refractivity contribution in [3.8, 4) is 12.3 Å². The number of ether oxygens (including phenoxy) is 1. The van der Waals surface area contributed by atoms with Crippen molar-refractivity contribution < 1.29 is 9.53 Å². The third-order valence-corrected chi connectivity index (χ3v) is 1.80. The van der Waals surface area contributed by atoms with Crippen LogP contribution < -0.4 is 5.73 Å². The van der Waals surface area contributed by atoms with Crippen LogP contribution in [0.15, 0.2) is 0 Å². The summed E-state index contributed by atoms with van der Waals surface area (Å²) in [5.74, 6) is 2.53. The Morgan fingerprint density at radius 3 is 2.92 bits per heavy atom. The van der Waals surface area contributed by atoms with E-state index in [9.17, 15) is 4.79 Å². The van der Waals surface area contributed by atoms with Crippen molar-refractivity contribution >= 4 is 5.97 Å². The molecule has 0 aliphatic heterocycles. The highest BCUT2D eigenvalue weighted by Crippen LogP contribution is 2.28. The average molecular weight is 167 g/mol. The van der Waals surface area contributed by atoms with Crippen molar-refractivity contribution in [2.45, 2.75) is 25.3 Å². The van der Waals surface area contributed by atoms with Crippen LogP contribution in [0.25, 0.3) is 0 Å². The van der Waals surface area contributed by atoms with Gasteiger partial charge >= 0.3 is 5.97 Å². The number of esters is 1. The van der Waals surface area contributed by atoms with E-state index in [1.807, 2.05) is 0 Å². The van der Waals surface area contributed by atoms with E-state index in [1.54, 1.807) is 0 Å². The second-order valence-electron chi connectivity index (χ2n) is 3.09. The molecule has 0 aromatic rings. The largest absolute Gasteiger partial charge is 0.464 e. The lowest BCUT2D eigenvalue weighted by Gasteiger charge is -2.07. The van der Waals surface area contributed by atoms with Gasteiger partial charge in [-0.3, -0.25) is 4.79 Å². The molecule has 1 unspecified atom stereocenters. The highest BCUT2D eigenvalue weighted by atomic mass is 16.5. The Morgan fingerprint density at radius 1 is 1.75 bits per heavy atom. The van der Waals surface area contributed by atoms with Gasteiger partial charge in [0, 0.05) is 6.42 Å². The van der Waals surface area contributed by atoms with E-state index in [4.69, 9.17) is 16.9 Å². The van der Waals surface area contributed by atoms with Gasteiger partial charge in [-0.1, -0.05) is 0 Å². The second-order valence-corrected chi connectivity index (χ2v) is 3.09. The van der Waals surface area contributed by atoms with Crippen molar-refractivity contribution in [2.24, 2.45) is 11.7 Å². The van der Waals surface area contributed by atoms with Gasteiger partial charge in [-0.25, -0.2) is 0 Å². The SMILES string of the molecule is C#CCC(N)C(=O)OCC1CC1. The maximum atomic E-state index is 11.0. The van der Waals surface area contributed by atoms with Gasteiger partial charge in [-0.15, -0.1) is 12.3 Å². The Bertz CT molecular complexity index is 203. The molecule has 0 radical (unpaired) electrons. The van der Waals surface area contributed by atoms with Crippen molar-refractivity contribution in [1.29, 1.82) is 0 Å². The van der Waals surface area contributed by atoms with Crippen LogP contribution in [-0.4, -0.2) is 18.6 Å². The number of nitrogens with two attached hydrogens (primary N) is 1. The van der Waals surface area contributed by atoms with Gasteiger partial charge in [-0.2, -0.15) is 0 Å². The van der Waals surface area contributed by atoms with Gasteiger partial charge in [0.05, 0.1) is 6.61 Å². The van der Waals surface area contributed by atoms with Crippen LogP contribution in [0.1, 0.15) is 19.3 Å². The molecule has 0 spiro atoms. The van der Waals surface area contributed by atoms with Crippen LogP contribution >= 0.6 is 0 Å². The molecule has 3 heteroatoms. The van der Waals surface area contributed by atoms with E-state index in [1.165, 1.54) is 0 Å². The number of carbonyl (C=O) groups is 1. The van der Waals surface area contributed by atoms with Crippen molar-refractivity contribution in [3.63, 3.8) is 0 Å². The fourth-order valence-corrected chi connectivity index (χ4v) is 0.802. The van der Waals surface area contributed by atoms with Crippen molar-refractivity contribution in [3.05, 3.63) is 0 Å². The van der Waals surface area contributed by atoms with Crippen LogP contribution in [-0.2, 0) is 9.53 Å². The van der Waals surface area contributed by atoms with Gasteiger partial charge in [0.2, 0.25) is 0 Å². The molecule has 1 atom stereocenters. The zero-order valence-electron chi connectivity index (χ0n) is 6.95. The molecule has 0 aromatic carbocycles. The average Bonchev–Trinajstić information content (AvgIpc) is 2.83. The van der Waals surface area contributed by atoms with E-state index in [0.29, 0.717) is 12.5 Å². The number of terminal acetylenes is 1. The van der Waals surface area contributed by atoms with Gasteiger partial charge in [0.15, 0.2) is 0 Å². The highest BCUT2D eigenvalue weighted by molar-refractivity contribution is 5.75. The van der Waals surface area contributed by atoms with E-state index in [0.717, 1.165) is 12.8 Å². The van der Waals surface area contributed by atoms with Gasteiger partial charge in [0.1, 0.15) is 6.04 Å². The maximum Gasteiger partial charge on any atom is 0.323 e. The lowest BCUT2D eigenvalue weighted by atomic mass is 10.2. The van der Waals surface area contributed by atoms with E-state index in [-0.39, 0.29) is 12.4 Å². The first-order valence-corrected chi connectivity index (χ1v) is 4.09. The summed E-state index contributed by atoms with van der Waals surface area (Å²) in [7, 11) is 0. The number of hydrogen-bond donors (Lipinski definition) is 1. The molecule has 0 saturated heterocycles. The molecule has 1 saturated carbocycles. The molecule has 0 bridgehead atoms. The molecule has 1 fully saturated rings. The third-order valence-electron chi connectivity index (χ3n) is 1.80. The Kier molecular flexibility index (Phi) is 3.12. The number of hydrogen-bond acceptors (Lipinski definition) is 3. The molecule has 66 valence electrons. The minimum atomic E-state index is -0.645. The summed E-state index contributed by atoms with van der Waals surface area (Å²) in [4.78, 5) is 11.0. The lowest BCUT2D eigenvalue weighted by Crippen LogP contribution is -2.32. The van der Waals surface area contributed by atoms with Crippen LogP contribution in [0, 0.1) is 18.3 Å². The summed E-state index contributed by atoms with van der Waals surface area (Å²) >= 11 is 0. The van der Waals surface area contributed by atoms with Crippen LogP contribution in [0.4, 0.5) is 0 Å². The maximum absolute atomic E-state index is 11.0. The molecule has 12 heavy (non-hydrogen) atoms. The Labute approximate surface area is 72.3 Å². The quantitative estimate of drug-likeness (QED) is 0.483. The Morgan fingerprint density at radius 2 is 2.42 bits per heavy atom. The standard InChI is InChI=1S/C9H13NO2/c1-2-3-8(10)9(11)12-6-7-4-5-7/h1,7-8H,3-6,10H2. The van der Waals surface area contributed by atoms with E-state index >= 15 is 0 Å². The van der Waals surface area contributed by atoms with Crippen LogP contribution in [0.5, 0.6) is 0 Å². The number of carbonyl (C=O) groups excluding carboxylic acids is 1. The van der Waals surface area contributed by atoms with Crippen molar-refractivity contribution in [2.75, 3.05) is 6.61 Å². The summed E-state index contributed by atoms with van der Waals surface area (Å²) < 4.78 is 4.92. The molecule has 1 aliphatic rings. The Hall–Kier alpha value is -1.01. The first-order chi connectivity index (χ1) is 5.74. The minimum Gasteiger partial charge on any atom is -0.464 e. The van der Waals surface area contributed by atoms with Gasteiger partial charge in [0.25, 0.3) is 0 Å². The summed E-state index contributed by atoms with van der Waals surface area (Å²) in [6.45, 7) is 0.511. The normalized spacial score (nSPS) is 18.0. The molecule has 0 aromatic heterocycles. The first kappa shape index (κ1) is 9.08. The fraction of sp³-hybridized carbons (Fsp3) is 0.667. The summed E-state index contributed by atoms with van der Waals surface area (Å²) in [5, 5.41) is 0. The molecule has 1 aliphatic carbocycles.